The summed E-state index contributed by atoms with van der Waals surface area (Å²) in [5.41, 5.74) is 3.95. The predicted octanol–water partition coefficient (Wildman–Crippen LogP) is 14.1. The fourth-order valence-corrected chi connectivity index (χ4v) is 8.60. The molecule has 0 aromatic heterocycles. The molecule has 3 aromatic carbocycles. The number of amides is 3. The van der Waals surface area contributed by atoms with Crippen molar-refractivity contribution in [3.8, 4) is 11.5 Å². The van der Waals surface area contributed by atoms with Crippen LogP contribution >= 0.6 is 46.4 Å². The Kier molecular flexibility index (Phi) is 19.9. The van der Waals surface area contributed by atoms with Crippen LogP contribution in [-0.4, -0.2) is 42.8 Å². The van der Waals surface area contributed by atoms with Crippen LogP contribution in [-0.2, 0) is 14.4 Å². The maximum atomic E-state index is 14.1. The van der Waals surface area contributed by atoms with Crippen molar-refractivity contribution >= 4 is 92.7 Å². The second kappa shape index (κ2) is 25.2. The Morgan fingerprint density at radius 3 is 1.95 bits per heavy atom. The van der Waals surface area contributed by atoms with E-state index in [0.29, 0.717) is 36.1 Å². The van der Waals surface area contributed by atoms with Crippen LogP contribution < -0.4 is 24.8 Å². The van der Waals surface area contributed by atoms with E-state index in [2.05, 4.69) is 22.6 Å². The van der Waals surface area contributed by atoms with E-state index in [9.17, 15) is 14.4 Å². The number of hydrogen-bond acceptors (Lipinski definition) is 8. The highest BCUT2D eigenvalue weighted by atomic mass is 35.5. The van der Waals surface area contributed by atoms with Crippen LogP contribution in [0.3, 0.4) is 0 Å². The largest absolute Gasteiger partial charge is 0.490 e. The number of azo groups is 1. The molecule has 11 nitrogen and oxygen atoms in total. The lowest BCUT2D eigenvalue weighted by molar-refractivity contribution is -0.122. The topological polar surface area (TPSA) is 125 Å². The molecule has 0 aliphatic carbocycles. The van der Waals surface area contributed by atoms with Gasteiger partial charge in [-0.2, -0.15) is 10.2 Å². The highest BCUT2D eigenvalue weighted by molar-refractivity contribution is 6.43. The van der Waals surface area contributed by atoms with E-state index < -0.39 is 17.9 Å². The first kappa shape index (κ1) is 48.9. The lowest BCUT2D eigenvalue weighted by Gasteiger charge is -2.19. The molecular weight excluding hydrogens is 870 g/mol. The molecule has 3 aromatic rings. The number of halogens is 4. The third-order valence-electron chi connectivity index (χ3n) is 10.7. The molecule has 0 radical (unpaired) electrons. The number of aliphatic imine (C=N–C) groups is 1. The van der Waals surface area contributed by atoms with Gasteiger partial charge >= 0.3 is 0 Å². The fourth-order valence-electron chi connectivity index (χ4n) is 7.45. The van der Waals surface area contributed by atoms with Crippen molar-refractivity contribution in [1.29, 1.82) is 0 Å². The number of ether oxygens (including phenoxy) is 2. The molecule has 2 fully saturated rings. The van der Waals surface area contributed by atoms with Gasteiger partial charge in [-0.25, -0.2) is 14.9 Å². The summed E-state index contributed by atoms with van der Waals surface area (Å²) in [6.07, 6.45) is 23.0. The first-order valence-electron chi connectivity index (χ1n) is 22.0. The van der Waals surface area contributed by atoms with Crippen molar-refractivity contribution in [3.05, 3.63) is 80.8 Å². The van der Waals surface area contributed by atoms with Crippen LogP contribution in [0.25, 0.3) is 0 Å². The zero-order valence-electron chi connectivity index (χ0n) is 35.9. The highest BCUT2D eigenvalue weighted by Crippen LogP contribution is 2.40. The molecule has 15 heteroatoms. The van der Waals surface area contributed by atoms with E-state index in [4.69, 9.17) is 60.9 Å². The van der Waals surface area contributed by atoms with E-state index in [0.717, 1.165) is 29.2 Å². The van der Waals surface area contributed by atoms with Gasteiger partial charge in [0, 0.05) is 17.5 Å². The molecule has 334 valence electrons. The number of amidine groups is 1. The SMILES string of the molecule is CCCCCCCCCCCCCCCC/C=C/C1CC(=O)N(c2ccc(Cl)c(N=C3NN(c4c(Cl)cc(Cl)cc4Cl)C(=O)C3N=Nc3ccc(OCC)c(OCC)c3)c2)C1=O. The average molecular weight is 929 g/mol. The maximum Gasteiger partial charge on any atom is 0.280 e. The number of unbranched alkanes of at least 4 members (excludes halogenated alkanes) is 14. The fraction of sp³-hybridized carbons (Fsp3) is 0.489. The third kappa shape index (κ3) is 13.7. The summed E-state index contributed by atoms with van der Waals surface area (Å²) in [7, 11) is 0. The monoisotopic (exact) mass is 926 g/mol. The molecule has 1 N–H and O–H groups in total. The molecule has 5 rings (SSSR count). The summed E-state index contributed by atoms with van der Waals surface area (Å²) in [5.74, 6) is -0.785. The quantitative estimate of drug-likeness (QED) is 0.0390. The minimum absolute atomic E-state index is 0.0271. The predicted molar refractivity (Wildman–Crippen MR) is 252 cm³/mol. The Morgan fingerprint density at radius 2 is 1.32 bits per heavy atom. The number of nitrogens with one attached hydrogen (secondary N) is 1. The van der Waals surface area contributed by atoms with Gasteiger partial charge in [-0.1, -0.05) is 149 Å². The Balaban J connectivity index is 1.24. The van der Waals surface area contributed by atoms with Crippen LogP contribution in [0.2, 0.25) is 20.1 Å². The molecule has 2 heterocycles. The van der Waals surface area contributed by atoms with E-state index in [1.165, 1.54) is 95.2 Å². The Morgan fingerprint density at radius 1 is 0.710 bits per heavy atom. The summed E-state index contributed by atoms with van der Waals surface area (Å²) in [6.45, 7) is 6.81. The van der Waals surface area contributed by atoms with Gasteiger partial charge in [0.15, 0.2) is 17.3 Å². The van der Waals surface area contributed by atoms with Crippen molar-refractivity contribution < 1.29 is 23.9 Å². The summed E-state index contributed by atoms with van der Waals surface area (Å²) >= 11 is 25.9. The van der Waals surface area contributed by atoms with Crippen LogP contribution in [0, 0.1) is 5.92 Å². The molecule has 2 unspecified atom stereocenters. The number of anilines is 2. The van der Waals surface area contributed by atoms with Gasteiger partial charge in [0.2, 0.25) is 17.9 Å². The standard InChI is InChI=1S/C47H58Cl4N6O5/c1-4-7-8-9-10-11-12-13-14-15-16-17-18-19-20-21-22-32-27-42(58)56(46(32)59)35-24-25-36(49)39(31-35)52-45-43(47(60)57(55-45)44-37(50)28-33(48)29-38(44)51)54-53-34-23-26-40(61-5-2)41(30-34)62-6-3/h21-26,28-32,43H,4-20,27H2,1-3H3,(H,52,55)/b22-21+,54-53?. The lowest BCUT2D eigenvalue weighted by Crippen LogP contribution is -2.36. The highest BCUT2D eigenvalue weighted by Gasteiger charge is 2.42. The van der Waals surface area contributed by atoms with Crippen LogP contribution in [0.1, 0.15) is 124 Å². The minimum atomic E-state index is -1.32. The zero-order chi connectivity index (χ0) is 44.4. The van der Waals surface area contributed by atoms with Gasteiger partial charge in [-0.15, -0.1) is 0 Å². The van der Waals surface area contributed by atoms with Gasteiger partial charge in [0.05, 0.1) is 51.3 Å². The first-order chi connectivity index (χ1) is 30.1. The number of carbonyl (C=O) groups excluding carboxylic acids is 3. The van der Waals surface area contributed by atoms with E-state index in [1.54, 1.807) is 30.3 Å². The van der Waals surface area contributed by atoms with E-state index in [-0.39, 0.29) is 55.5 Å². The Hall–Kier alpha value is -4.16. The molecule has 0 bridgehead atoms. The molecule has 2 aliphatic heterocycles. The van der Waals surface area contributed by atoms with Gasteiger partial charge in [0.1, 0.15) is 5.69 Å². The number of imide groups is 1. The van der Waals surface area contributed by atoms with Crippen LogP contribution in [0.15, 0.2) is 75.9 Å². The maximum absolute atomic E-state index is 14.1. The Bertz CT molecular complexity index is 2070. The number of nitrogens with zero attached hydrogens (tertiary/aromatic N) is 5. The summed E-state index contributed by atoms with van der Waals surface area (Å²) in [6, 6.07) is 11.3. The number of allylic oxidation sites excluding steroid dienone is 1. The van der Waals surface area contributed by atoms with Crippen molar-refractivity contribution in [1.82, 2.24) is 5.43 Å². The number of hydrogen-bond donors (Lipinski definition) is 1. The number of carbonyl (C=O) groups is 3. The Labute approximate surface area is 386 Å². The molecule has 2 saturated heterocycles. The van der Waals surface area contributed by atoms with E-state index in [1.807, 2.05) is 26.0 Å². The normalized spacial score (nSPS) is 17.4. The van der Waals surface area contributed by atoms with Crippen LogP contribution in [0.4, 0.5) is 22.7 Å². The summed E-state index contributed by atoms with van der Waals surface area (Å²) in [4.78, 5) is 46.8. The molecule has 3 amide bonds. The summed E-state index contributed by atoms with van der Waals surface area (Å²) in [5, 5.41) is 10.5. The van der Waals surface area contributed by atoms with Gasteiger partial charge in [0.25, 0.3) is 5.91 Å². The second-order valence-electron chi connectivity index (χ2n) is 15.4. The molecule has 2 aliphatic rings. The average Bonchev–Trinajstić information content (AvgIpc) is 3.70. The van der Waals surface area contributed by atoms with Crippen molar-refractivity contribution in [2.24, 2.45) is 21.1 Å². The smallest absolute Gasteiger partial charge is 0.280 e. The molecule has 2 atom stereocenters. The first-order valence-corrected chi connectivity index (χ1v) is 23.5. The van der Waals surface area contributed by atoms with Gasteiger partial charge < -0.3 is 9.47 Å². The molecular formula is C47H58Cl4N6O5. The lowest BCUT2D eigenvalue weighted by atomic mass is 10.0. The van der Waals surface area contributed by atoms with Crippen molar-refractivity contribution in [2.45, 2.75) is 130 Å². The minimum Gasteiger partial charge on any atom is -0.490 e. The summed E-state index contributed by atoms with van der Waals surface area (Å²) < 4.78 is 11.4. The second-order valence-corrected chi connectivity index (χ2v) is 17.1. The number of hydrazine groups is 1. The molecule has 0 spiro atoms. The van der Waals surface area contributed by atoms with Crippen molar-refractivity contribution in [2.75, 3.05) is 23.1 Å². The van der Waals surface area contributed by atoms with Gasteiger partial charge in [-0.05, 0) is 69.2 Å². The zero-order valence-corrected chi connectivity index (χ0v) is 39.0. The number of rotatable bonds is 25. The van der Waals surface area contributed by atoms with Crippen molar-refractivity contribution in [3.63, 3.8) is 0 Å². The van der Waals surface area contributed by atoms with Crippen LogP contribution in [0.5, 0.6) is 11.5 Å². The molecule has 62 heavy (non-hydrogen) atoms. The van der Waals surface area contributed by atoms with E-state index >= 15 is 0 Å². The third-order valence-corrected chi connectivity index (χ3v) is 11.8. The van der Waals surface area contributed by atoms with Gasteiger partial charge in [-0.3, -0.25) is 19.8 Å². The molecule has 0 saturated carbocycles. The number of benzene rings is 3.